The predicted molar refractivity (Wildman–Crippen MR) is 101 cm³/mol. The van der Waals surface area contributed by atoms with Crippen molar-refractivity contribution in [3.63, 3.8) is 0 Å². The van der Waals surface area contributed by atoms with Gasteiger partial charge in [0, 0.05) is 64.2 Å². The van der Waals surface area contributed by atoms with Gasteiger partial charge in [0.2, 0.25) is 5.91 Å². The van der Waals surface area contributed by atoms with E-state index in [1.807, 2.05) is 36.2 Å². The first-order chi connectivity index (χ1) is 13.5. The van der Waals surface area contributed by atoms with E-state index >= 15 is 0 Å². The fraction of sp³-hybridized carbons (Fsp3) is 0.350. The molecule has 0 aliphatic carbocycles. The van der Waals surface area contributed by atoms with E-state index in [4.69, 9.17) is 9.63 Å². The fourth-order valence-electron chi connectivity index (χ4n) is 3.58. The van der Waals surface area contributed by atoms with Crippen LogP contribution in [0.4, 0.5) is 0 Å². The van der Waals surface area contributed by atoms with Crippen molar-refractivity contribution < 1.29 is 19.2 Å². The molecular formula is C20H22N4O4. The molecule has 2 aliphatic heterocycles. The van der Waals surface area contributed by atoms with E-state index in [0.29, 0.717) is 38.4 Å². The topological polar surface area (TPSA) is 91.8 Å². The van der Waals surface area contributed by atoms with E-state index in [0.717, 1.165) is 16.7 Å². The van der Waals surface area contributed by atoms with E-state index in [9.17, 15) is 9.59 Å². The molecule has 146 valence electrons. The van der Waals surface area contributed by atoms with Gasteiger partial charge in [-0.2, -0.15) is 0 Å². The van der Waals surface area contributed by atoms with Gasteiger partial charge < -0.3 is 24.0 Å². The highest BCUT2D eigenvalue weighted by Gasteiger charge is 2.34. The zero-order valence-corrected chi connectivity index (χ0v) is 15.7. The van der Waals surface area contributed by atoms with Crippen LogP contribution in [-0.2, 0) is 18.3 Å². The largest absolute Gasteiger partial charge is 0.396 e. The Morgan fingerprint density at radius 3 is 2.57 bits per heavy atom. The minimum absolute atomic E-state index is 0.0266. The number of hydrogen-bond donors (Lipinski definition) is 1. The van der Waals surface area contributed by atoms with Crippen molar-refractivity contribution >= 4 is 17.9 Å². The number of carbonyl (C=O) groups is 2. The van der Waals surface area contributed by atoms with Crippen LogP contribution in [0.2, 0.25) is 0 Å². The number of nitrogens with zero attached hydrogens (tertiary/aromatic N) is 4. The first-order valence-corrected chi connectivity index (χ1v) is 9.18. The smallest absolute Gasteiger partial charge is 0.276 e. The van der Waals surface area contributed by atoms with Gasteiger partial charge in [-0.25, -0.2) is 0 Å². The predicted octanol–water partition coefficient (Wildman–Crippen LogP) is 0.856. The Morgan fingerprint density at radius 2 is 1.93 bits per heavy atom. The third-order valence-electron chi connectivity index (χ3n) is 5.04. The molecule has 0 unspecified atom stereocenters. The molecule has 0 aromatic carbocycles. The number of aliphatic hydroxyl groups is 1. The van der Waals surface area contributed by atoms with Crippen LogP contribution in [0.5, 0.6) is 0 Å². The molecule has 4 rings (SSSR count). The second-order valence-corrected chi connectivity index (χ2v) is 7.16. The van der Waals surface area contributed by atoms with E-state index in [1.54, 1.807) is 21.9 Å². The van der Waals surface area contributed by atoms with Gasteiger partial charge in [-0.3, -0.25) is 9.59 Å². The summed E-state index contributed by atoms with van der Waals surface area (Å²) in [6.45, 7) is 2.05. The number of aryl methyl sites for hydroxylation is 1. The summed E-state index contributed by atoms with van der Waals surface area (Å²) in [5, 5.41) is 12.7. The number of aliphatic hydroxyl groups excluding tert-OH is 1. The number of amides is 2. The average Bonchev–Trinajstić information content (AvgIpc) is 3.42. The maximum absolute atomic E-state index is 12.6. The lowest BCUT2D eigenvalue weighted by Gasteiger charge is -2.21. The van der Waals surface area contributed by atoms with Gasteiger partial charge in [0.05, 0.1) is 6.61 Å². The average molecular weight is 382 g/mol. The summed E-state index contributed by atoms with van der Waals surface area (Å²) < 4.78 is 6.99. The summed E-state index contributed by atoms with van der Waals surface area (Å²) >= 11 is 0. The minimum Gasteiger partial charge on any atom is -0.396 e. The van der Waals surface area contributed by atoms with E-state index in [-0.39, 0.29) is 24.1 Å². The highest BCUT2D eigenvalue weighted by molar-refractivity contribution is 5.94. The summed E-state index contributed by atoms with van der Waals surface area (Å²) in [6, 6.07) is 3.53. The number of rotatable bonds is 5. The summed E-state index contributed by atoms with van der Waals surface area (Å²) in [4.78, 5) is 28.5. The van der Waals surface area contributed by atoms with Crippen LogP contribution in [0.25, 0.3) is 6.08 Å². The molecule has 0 bridgehead atoms. The van der Waals surface area contributed by atoms with Crippen LogP contribution in [-0.4, -0.2) is 69.2 Å². The molecule has 8 heteroatoms. The van der Waals surface area contributed by atoms with Crippen molar-refractivity contribution in [1.82, 2.24) is 19.5 Å². The first-order valence-electron chi connectivity index (χ1n) is 9.18. The standard InChI is InChI=1S/C20H22N4O4/c1-22-6-4-14(9-22)2-3-19(26)23-10-15-12-24(13-16(15)11-23)20(27)18-8-17(5-7-25)28-21-18/h2-4,6,8-9,25H,5,7,10-13H2,1H3/b3-2+. The molecule has 28 heavy (non-hydrogen) atoms. The number of carbonyl (C=O) groups excluding carboxylic acids is 2. The molecule has 0 spiro atoms. The highest BCUT2D eigenvalue weighted by Crippen LogP contribution is 2.27. The van der Waals surface area contributed by atoms with Crippen LogP contribution in [0.1, 0.15) is 21.8 Å². The van der Waals surface area contributed by atoms with Crippen molar-refractivity contribution in [3.8, 4) is 0 Å². The normalized spacial score (nSPS) is 16.5. The second-order valence-electron chi connectivity index (χ2n) is 7.16. The molecule has 2 aromatic heterocycles. The van der Waals surface area contributed by atoms with Gasteiger partial charge in [-0.05, 0) is 28.9 Å². The van der Waals surface area contributed by atoms with Gasteiger partial charge in [0.15, 0.2) is 5.69 Å². The van der Waals surface area contributed by atoms with E-state index in [1.165, 1.54) is 0 Å². The third kappa shape index (κ3) is 3.63. The molecule has 2 aromatic rings. The Kier molecular flexibility index (Phi) is 4.87. The maximum atomic E-state index is 12.6. The van der Waals surface area contributed by atoms with Crippen LogP contribution in [0, 0.1) is 0 Å². The lowest BCUT2D eigenvalue weighted by molar-refractivity contribution is -0.124. The van der Waals surface area contributed by atoms with Crippen molar-refractivity contribution in [2.24, 2.45) is 7.05 Å². The molecule has 0 radical (unpaired) electrons. The van der Waals surface area contributed by atoms with Crippen LogP contribution in [0.15, 0.2) is 46.3 Å². The molecular weight excluding hydrogens is 360 g/mol. The monoisotopic (exact) mass is 382 g/mol. The number of aromatic nitrogens is 2. The van der Waals surface area contributed by atoms with Gasteiger partial charge in [0.1, 0.15) is 5.76 Å². The Bertz CT molecular complexity index is 951. The molecule has 0 saturated carbocycles. The van der Waals surface area contributed by atoms with Crippen LogP contribution in [0.3, 0.4) is 0 Å². The van der Waals surface area contributed by atoms with Crippen LogP contribution < -0.4 is 0 Å². The Morgan fingerprint density at radius 1 is 1.21 bits per heavy atom. The first kappa shape index (κ1) is 18.2. The van der Waals surface area contributed by atoms with Crippen LogP contribution >= 0.6 is 0 Å². The second kappa shape index (κ2) is 7.47. The summed E-state index contributed by atoms with van der Waals surface area (Å²) in [5.41, 5.74) is 3.48. The van der Waals surface area contributed by atoms with Crippen molar-refractivity contribution in [2.75, 3.05) is 32.8 Å². The van der Waals surface area contributed by atoms with Gasteiger partial charge in [0.25, 0.3) is 5.91 Å². The van der Waals surface area contributed by atoms with Crippen molar-refractivity contribution in [1.29, 1.82) is 0 Å². The number of hydrogen-bond acceptors (Lipinski definition) is 5. The molecule has 0 fully saturated rings. The Hall–Kier alpha value is -3.13. The molecule has 2 aliphatic rings. The fourth-order valence-corrected chi connectivity index (χ4v) is 3.58. The Labute approximate surface area is 162 Å². The summed E-state index contributed by atoms with van der Waals surface area (Å²) in [5.74, 6) is 0.276. The minimum atomic E-state index is -0.191. The van der Waals surface area contributed by atoms with Crippen molar-refractivity contribution in [3.05, 3.63) is 58.8 Å². The third-order valence-corrected chi connectivity index (χ3v) is 5.04. The maximum Gasteiger partial charge on any atom is 0.276 e. The summed E-state index contributed by atoms with van der Waals surface area (Å²) in [7, 11) is 1.94. The molecule has 0 saturated heterocycles. The molecule has 2 amide bonds. The lowest BCUT2D eigenvalue weighted by Crippen LogP contribution is -2.36. The lowest BCUT2D eigenvalue weighted by atomic mass is 10.2. The molecule has 0 atom stereocenters. The zero-order valence-electron chi connectivity index (χ0n) is 15.7. The van der Waals surface area contributed by atoms with Crippen molar-refractivity contribution in [2.45, 2.75) is 6.42 Å². The van der Waals surface area contributed by atoms with Gasteiger partial charge >= 0.3 is 0 Å². The Balaban J connectivity index is 1.32. The molecule has 1 N–H and O–H groups in total. The SMILES string of the molecule is Cn1ccc(/C=C/C(=O)N2CC3=C(C2)CN(C(=O)c2cc(CCO)on2)C3)c1. The quantitative estimate of drug-likeness (QED) is 0.612. The van der Waals surface area contributed by atoms with Gasteiger partial charge in [-0.15, -0.1) is 0 Å². The molecule has 4 heterocycles. The zero-order chi connectivity index (χ0) is 19.7. The van der Waals surface area contributed by atoms with Gasteiger partial charge in [-0.1, -0.05) is 5.16 Å². The van der Waals surface area contributed by atoms with E-state index < -0.39 is 0 Å². The molecule has 8 nitrogen and oxygen atoms in total. The van der Waals surface area contributed by atoms with E-state index in [2.05, 4.69) is 5.16 Å². The summed E-state index contributed by atoms with van der Waals surface area (Å²) in [6.07, 6.45) is 7.63. The highest BCUT2D eigenvalue weighted by atomic mass is 16.5.